The van der Waals surface area contributed by atoms with E-state index in [1.54, 1.807) is 0 Å². The van der Waals surface area contributed by atoms with Crippen LogP contribution in [0.4, 0.5) is 0 Å². The summed E-state index contributed by atoms with van der Waals surface area (Å²) in [6, 6.07) is 30.7. The van der Waals surface area contributed by atoms with Crippen LogP contribution in [0.1, 0.15) is 30.5 Å². The van der Waals surface area contributed by atoms with Crippen molar-refractivity contribution in [3.63, 3.8) is 0 Å². The zero-order valence-corrected chi connectivity index (χ0v) is 18.3. The van der Waals surface area contributed by atoms with Gasteiger partial charge in [0.25, 0.3) is 0 Å². The average Bonchev–Trinajstić information content (AvgIpc) is 2.80. The fourth-order valence-corrected chi connectivity index (χ4v) is 3.59. The molecular weight excluding hydrogens is 392 g/mol. The maximum atomic E-state index is 9.07. The van der Waals surface area contributed by atoms with Gasteiger partial charge < -0.3 is 14.6 Å². The van der Waals surface area contributed by atoms with E-state index in [9.17, 15) is 0 Å². The Kier molecular flexibility index (Phi) is 7.38. The van der Waals surface area contributed by atoms with Crippen LogP contribution >= 0.6 is 12.2 Å². The fraction of sp³-hybridized carbons (Fsp3) is 0.269. The monoisotopic (exact) mass is 420 g/mol. The van der Waals surface area contributed by atoms with Crippen LogP contribution in [-0.2, 0) is 15.1 Å². The van der Waals surface area contributed by atoms with E-state index >= 15 is 0 Å². The van der Waals surface area contributed by atoms with Crippen LogP contribution in [-0.4, -0.2) is 30.0 Å². The SMILES string of the molecule is CC(C)(COC(c1ccccc1)(c1ccccc1)c1ccccc1)C(=S)OCCO. The van der Waals surface area contributed by atoms with Gasteiger partial charge in [0, 0.05) is 0 Å². The number of benzene rings is 3. The lowest BCUT2D eigenvalue weighted by Gasteiger charge is -2.38. The second-order valence-corrected chi connectivity index (χ2v) is 8.18. The van der Waals surface area contributed by atoms with Crippen molar-refractivity contribution in [1.29, 1.82) is 0 Å². The van der Waals surface area contributed by atoms with E-state index in [0.29, 0.717) is 11.7 Å². The summed E-state index contributed by atoms with van der Waals surface area (Å²) in [5.41, 5.74) is 1.81. The number of hydrogen-bond donors (Lipinski definition) is 1. The first kappa shape index (κ1) is 22.2. The molecule has 0 fully saturated rings. The molecule has 30 heavy (non-hydrogen) atoms. The van der Waals surface area contributed by atoms with E-state index < -0.39 is 11.0 Å². The minimum absolute atomic E-state index is 0.0704. The summed E-state index contributed by atoms with van der Waals surface area (Å²) in [6.45, 7) is 4.45. The van der Waals surface area contributed by atoms with Gasteiger partial charge in [-0.3, -0.25) is 0 Å². The van der Waals surface area contributed by atoms with Crippen molar-refractivity contribution >= 4 is 17.3 Å². The van der Waals surface area contributed by atoms with Gasteiger partial charge in [-0.05, 0) is 42.8 Å². The fourth-order valence-electron chi connectivity index (χ4n) is 3.45. The normalized spacial score (nSPS) is 11.8. The highest BCUT2D eigenvalue weighted by Crippen LogP contribution is 2.41. The molecule has 3 aromatic rings. The first-order valence-electron chi connectivity index (χ1n) is 10.1. The first-order chi connectivity index (χ1) is 14.5. The molecular formula is C26H28O3S. The summed E-state index contributed by atoms with van der Waals surface area (Å²) in [5, 5.41) is 9.50. The number of aliphatic hydroxyl groups is 1. The number of thiocarbonyl (C=S) groups is 1. The molecule has 3 nitrogen and oxygen atoms in total. The molecule has 0 aliphatic carbocycles. The Morgan fingerprint density at radius 3 is 1.53 bits per heavy atom. The quantitative estimate of drug-likeness (QED) is 0.374. The van der Waals surface area contributed by atoms with Gasteiger partial charge >= 0.3 is 0 Å². The Morgan fingerprint density at radius 2 is 1.17 bits per heavy atom. The first-order valence-corrected chi connectivity index (χ1v) is 10.5. The van der Waals surface area contributed by atoms with Gasteiger partial charge in [-0.25, -0.2) is 0 Å². The second-order valence-electron chi connectivity index (χ2n) is 7.81. The van der Waals surface area contributed by atoms with E-state index in [4.69, 9.17) is 26.8 Å². The Balaban J connectivity index is 2.09. The molecule has 0 atom stereocenters. The highest BCUT2D eigenvalue weighted by atomic mass is 32.1. The maximum absolute atomic E-state index is 9.07. The van der Waals surface area contributed by atoms with E-state index in [1.807, 2.05) is 68.4 Å². The Bertz CT molecular complexity index is 828. The molecule has 0 saturated carbocycles. The topological polar surface area (TPSA) is 38.7 Å². The zero-order chi connectivity index (χ0) is 21.5. The van der Waals surface area contributed by atoms with Crippen LogP contribution in [0.25, 0.3) is 0 Å². The minimum atomic E-state index is -0.798. The molecule has 4 heteroatoms. The summed E-state index contributed by atoms with van der Waals surface area (Å²) < 4.78 is 12.4. The van der Waals surface area contributed by atoms with Gasteiger partial charge in [0.15, 0.2) is 5.05 Å². The lowest BCUT2D eigenvalue weighted by Crippen LogP contribution is -2.39. The molecule has 0 amide bonds. The van der Waals surface area contributed by atoms with Gasteiger partial charge in [-0.2, -0.15) is 0 Å². The molecule has 0 radical (unpaired) electrons. The van der Waals surface area contributed by atoms with Crippen molar-refractivity contribution in [3.05, 3.63) is 108 Å². The zero-order valence-electron chi connectivity index (χ0n) is 17.5. The summed E-state index contributed by atoms with van der Waals surface area (Å²) in [6.07, 6.45) is 0. The lowest BCUT2D eigenvalue weighted by atomic mass is 9.79. The molecule has 0 spiro atoms. The third kappa shape index (κ3) is 4.78. The largest absolute Gasteiger partial charge is 0.484 e. The van der Waals surface area contributed by atoms with Crippen molar-refractivity contribution in [3.8, 4) is 0 Å². The predicted molar refractivity (Wildman–Crippen MR) is 125 cm³/mol. The van der Waals surface area contributed by atoms with Gasteiger partial charge in [0.05, 0.1) is 18.6 Å². The number of hydrogen-bond acceptors (Lipinski definition) is 4. The lowest BCUT2D eigenvalue weighted by molar-refractivity contribution is -0.0183. The second kappa shape index (κ2) is 9.98. The van der Waals surface area contributed by atoms with Crippen molar-refractivity contribution in [2.75, 3.05) is 19.8 Å². The van der Waals surface area contributed by atoms with Gasteiger partial charge in [0.1, 0.15) is 12.2 Å². The standard InChI is InChI=1S/C26H28O3S/c1-25(2,24(30)28-19-18-27)20-29-26(21-12-6-3-7-13-21,22-14-8-4-9-15-22)23-16-10-5-11-17-23/h3-17,27H,18-20H2,1-2H3. The Morgan fingerprint density at radius 1 is 0.767 bits per heavy atom. The van der Waals surface area contributed by atoms with Crippen LogP contribution < -0.4 is 0 Å². The number of aliphatic hydroxyl groups excluding tert-OH is 1. The number of ether oxygens (including phenoxy) is 2. The van der Waals surface area contributed by atoms with Crippen LogP contribution in [0.2, 0.25) is 0 Å². The molecule has 0 aliphatic rings. The van der Waals surface area contributed by atoms with Gasteiger partial charge in [-0.1, -0.05) is 91.0 Å². The molecule has 1 N–H and O–H groups in total. The minimum Gasteiger partial charge on any atom is -0.484 e. The summed E-state index contributed by atoms with van der Waals surface area (Å²) in [7, 11) is 0. The van der Waals surface area contributed by atoms with E-state index in [-0.39, 0.29) is 13.2 Å². The maximum Gasteiger partial charge on any atom is 0.167 e. The summed E-state index contributed by atoms with van der Waals surface area (Å²) in [5.74, 6) is 0. The Hall–Kier alpha value is -2.53. The van der Waals surface area contributed by atoms with Crippen LogP contribution in [0, 0.1) is 5.41 Å². The number of rotatable bonds is 9. The van der Waals surface area contributed by atoms with Crippen molar-refractivity contribution < 1.29 is 14.6 Å². The van der Waals surface area contributed by atoms with Gasteiger partial charge in [0.2, 0.25) is 0 Å². The smallest absolute Gasteiger partial charge is 0.167 e. The van der Waals surface area contributed by atoms with E-state index in [1.165, 1.54) is 0 Å². The highest BCUT2D eigenvalue weighted by Gasteiger charge is 2.40. The third-order valence-corrected chi connectivity index (χ3v) is 5.74. The highest BCUT2D eigenvalue weighted by molar-refractivity contribution is 7.80. The molecule has 156 valence electrons. The molecule has 0 saturated heterocycles. The molecule has 0 bridgehead atoms. The molecule has 0 unspecified atom stereocenters. The third-order valence-electron chi connectivity index (χ3n) is 5.07. The van der Waals surface area contributed by atoms with Crippen molar-refractivity contribution in [1.82, 2.24) is 0 Å². The van der Waals surface area contributed by atoms with E-state index in [0.717, 1.165) is 16.7 Å². The molecule has 0 aromatic heterocycles. The predicted octanol–water partition coefficient (Wildman–Crippen LogP) is 5.36. The van der Waals surface area contributed by atoms with Crippen molar-refractivity contribution in [2.24, 2.45) is 5.41 Å². The van der Waals surface area contributed by atoms with Crippen LogP contribution in [0.5, 0.6) is 0 Å². The van der Waals surface area contributed by atoms with Crippen LogP contribution in [0.15, 0.2) is 91.0 Å². The molecule has 0 aliphatic heterocycles. The molecule has 3 aromatic carbocycles. The summed E-state index contributed by atoms with van der Waals surface area (Å²) >= 11 is 5.48. The molecule has 0 heterocycles. The van der Waals surface area contributed by atoms with E-state index in [2.05, 4.69) is 36.4 Å². The Labute approximate surface area is 184 Å². The van der Waals surface area contributed by atoms with Crippen molar-refractivity contribution in [2.45, 2.75) is 19.4 Å². The average molecular weight is 421 g/mol. The molecule has 3 rings (SSSR count). The summed E-state index contributed by atoms with van der Waals surface area (Å²) in [4.78, 5) is 0. The van der Waals surface area contributed by atoms with Gasteiger partial charge in [-0.15, -0.1) is 0 Å². The van der Waals surface area contributed by atoms with Crippen LogP contribution in [0.3, 0.4) is 0 Å².